The predicted octanol–water partition coefficient (Wildman–Crippen LogP) is 3.23. The Bertz CT molecular complexity index is 792. The molecule has 6 nitrogen and oxygen atoms in total. The molecule has 2 atom stereocenters. The number of thiol groups is 1. The molecule has 0 fully saturated rings. The summed E-state index contributed by atoms with van der Waals surface area (Å²) in [4.78, 5) is 23.4. The van der Waals surface area contributed by atoms with Gasteiger partial charge in [-0.25, -0.2) is 0 Å². The molecular weight excluding hydrogens is 404 g/mol. The average molecular weight is 423 g/mol. The Balaban J connectivity index is 1.80. The van der Waals surface area contributed by atoms with Crippen LogP contribution < -0.4 is 21.5 Å². The third-order valence-electron chi connectivity index (χ3n) is 3.53. The van der Waals surface area contributed by atoms with Gasteiger partial charge < -0.3 is 15.4 Å². The zero-order valence-electron chi connectivity index (χ0n) is 14.2. The summed E-state index contributed by atoms with van der Waals surface area (Å²) >= 11 is 15.5. The summed E-state index contributed by atoms with van der Waals surface area (Å²) in [6.07, 6.45) is 0.646. The van der Waals surface area contributed by atoms with E-state index in [1.807, 2.05) is 30.3 Å². The number of nitrogens with one attached hydrogen (secondary N) is 4. The van der Waals surface area contributed by atoms with E-state index in [0.29, 0.717) is 17.0 Å². The van der Waals surface area contributed by atoms with Crippen LogP contribution in [-0.4, -0.2) is 22.7 Å². The highest BCUT2D eigenvalue weighted by molar-refractivity contribution is 7.81. The molecule has 27 heavy (non-hydrogen) atoms. The number of anilines is 2. The lowest BCUT2D eigenvalue weighted by Gasteiger charge is -2.20. The van der Waals surface area contributed by atoms with Gasteiger partial charge in [0.1, 0.15) is 6.29 Å². The van der Waals surface area contributed by atoms with Crippen LogP contribution >= 0.6 is 36.4 Å². The number of rotatable bonds is 7. The molecule has 1 amide bonds. The number of amides is 1. The second-order valence-electron chi connectivity index (χ2n) is 5.57. The maximum Gasteiger partial charge on any atom is 0.239 e. The Labute approximate surface area is 173 Å². The van der Waals surface area contributed by atoms with E-state index in [9.17, 15) is 9.59 Å². The largest absolute Gasteiger partial charge is 0.373 e. The van der Waals surface area contributed by atoms with Gasteiger partial charge in [0, 0.05) is 12.1 Å². The van der Waals surface area contributed by atoms with Crippen molar-refractivity contribution < 1.29 is 9.59 Å². The minimum absolute atomic E-state index is 0.0563. The summed E-state index contributed by atoms with van der Waals surface area (Å²) < 4.78 is 0. The lowest BCUT2D eigenvalue weighted by Crippen LogP contribution is -2.45. The Hall–Kier alpha value is -2.29. The summed E-state index contributed by atoms with van der Waals surface area (Å²) in [6.45, 7) is 0. The van der Waals surface area contributed by atoms with Crippen LogP contribution in [0.2, 0.25) is 5.02 Å². The second-order valence-corrected chi connectivity index (χ2v) is 6.94. The summed E-state index contributed by atoms with van der Waals surface area (Å²) in [5.41, 5.74) is 6.45. The minimum atomic E-state index is -0.625. The summed E-state index contributed by atoms with van der Waals surface area (Å²) in [6, 6.07) is 16.4. The number of halogens is 1. The van der Waals surface area contributed by atoms with Gasteiger partial charge in [0.2, 0.25) is 5.91 Å². The zero-order chi connectivity index (χ0) is 19.6. The molecule has 0 bridgehead atoms. The smallest absolute Gasteiger partial charge is 0.239 e. The first-order chi connectivity index (χ1) is 13.0. The number of para-hydroxylation sites is 2. The van der Waals surface area contributed by atoms with Crippen LogP contribution in [0.4, 0.5) is 11.4 Å². The van der Waals surface area contributed by atoms with E-state index in [4.69, 9.17) is 23.8 Å². The van der Waals surface area contributed by atoms with Gasteiger partial charge in [-0.3, -0.25) is 15.6 Å². The Kier molecular flexibility index (Phi) is 8.38. The van der Waals surface area contributed by atoms with Crippen molar-refractivity contribution in [2.24, 2.45) is 5.92 Å². The summed E-state index contributed by atoms with van der Waals surface area (Å²) in [7, 11) is 0. The lowest BCUT2D eigenvalue weighted by atomic mass is 10.1. The highest BCUT2D eigenvalue weighted by Gasteiger charge is 2.21. The van der Waals surface area contributed by atoms with E-state index in [1.54, 1.807) is 24.3 Å². The number of carbonyl (C=O) groups excluding carboxylic acids is 2. The van der Waals surface area contributed by atoms with Crippen LogP contribution in [0.1, 0.15) is 6.42 Å². The van der Waals surface area contributed by atoms with Crippen molar-refractivity contribution in [2.75, 3.05) is 10.6 Å². The monoisotopic (exact) mass is 422 g/mol. The minimum Gasteiger partial charge on any atom is -0.373 e. The number of benzene rings is 2. The van der Waals surface area contributed by atoms with E-state index in [-0.39, 0.29) is 11.5 Å². The molecule has 2 rings (SSSR count). The molecule has 0 spiro atoms. The molecule has 142 valence electrons. The van der Waals surface area contributed by atoms with Gasteiger partial charge in [-0.1, -0.05) is 41.9 Å². The van der Waals surface area contributed by atoms with Crippen LogP contribution in [0.3, 0.4) is 0 Å². The molecular formula is C18H19ClN4O2S2. The average Bonchev–Trinajstić information content (AvgIpc) is 2.67. The molecule has 2 aromatic carbocycles. The van der Waals surface area contributed by atoms with Crippen molar-refractivity contribution in [1.29, 1.82) is 0 Å². The first kappa shape index (κ1) is 21.0. The van der Waals surface area contributed by atoms with E-state index in [2.05, 4.69) is 34.1 Å². The second kappa shape index (κ2) is 10.8. The van der Waals surface area contributed by atoms with E-state index < -0.39 is 17.2 Å². The Morgan fingerprint density at radius 3 is 2.44 bits per heavy atom. The van der Waals surface area contributed by atoms with Gasteiger partial charge in [0.15, 0.2) is 5.11 Å². The number of hydrazine groups is 1. The summed E-state index contributed by atoms with van der Waals surface area (Å²) in [5, 5.41) is 6.11. The van der Waals surface area contributed by atoms with Gasteiger partial charge >= 0.3 is 0 Å². The molecule has 0 radical (unpaired) electrons. The summed E-state index contributed by atoms with van der Waals surface area (Å²) in [5.74, 6) is -1.02. The fourth-order valence-electron chi connectivity index (χ4n) is 2.15. The predicted molar refractivity (Wildman–Crippen MR) is 116 cm³/mol. The van der Waals surface area contributed by atoms with E-state index in [1.165, 1.54) is 0 Å². The van der Waals surface area contributed by atoms with Crippen molar-refractivity contribution in [3.8, 4) is 0 Å². The topological polar surface area (TPSA) is 82.3 Å². The maximum atomic E-state index is 12.1. The van der Waals surface area contributed by atoms with E-state index in [0.717, 1.165) is 5.69 Å². The lowest BCUT2D eigenvalue weighted by molar-refractivity contribution is -0.124. The van der Waals surface area contributed by atoms with Gasteiger partial charge in [-0.05, 0) is 36.5 Å². The highest BCUT2D eigenvalue weighted by atomic mass is 35.5. The van der Waals surface area contributed by atoms with Gasteiger partial charge in [-0.2, -0.15) is 12.6 Å². The molecule has 9 heteroatoms. The first-order valence-corrected chi connectivity index (χ1v) is 9.35. The van der Waals surface area contributed by atoms with Crippen molar-refractivity contribution in [3.63, 3.8) is 0 Å². The van der Waals surface area contributed by atoms with Crippen LogP contribution in [0.25, 0.3) is 0 Å². The third kappa shape index (κ3) is 7.09. The molecule has 0 aliphatic heterocycles. The zero-order valence-corrected chi connectivity index (χ0v) is 16.7. The normalized spacial score (nSPS) is 12.4. The fraction of sp³-hybridized carbons (Fsp3) is 0.167. The number of aldehydes is 1. The van der Waals surface area contributed by atoms with Gasteiger partial charge in [0.05, 0.1) is 22.0 Å². The molecule has 0 saturated heterocycles. The highest BCUT2D eigenvalue weighted by Crippen LogP contribution is 2.20. The molecule has 4 N–H and O–H groups in total. The van der Waals surface area contributed by atoms with Crippen molar-refractivity contribution >= 4 is 65.1 Å². The van der Waals surface area contributed by atoms with Crippen LogP contribution in [0.5, 0.6) is 0 Å². The van der Waals surface area contributed by atoms with E-state index >= 15 is 0 Å². The third-order valence-corrected chi connectivity index (χ3v) is 4.57. The van der Waals surface area contributed by atoms with Crippen molar-refractivity contribution in [1.82, 2.24) is 10.9 Å². The first-order valence-electron chi connectivity index (χ1n) is 8.05. The molecule has 2 unspecified atom stereocenters. The van der Waals surface area contributed by atoms with Crippen molar-refractivity contribution in [2.45, 2.75) is 11.8 Å². The quantitative estimate of drug-likeness (QED) is 0.155. The maximum absolute atomic E-state index is 12.1. The van der Waals surface area contributed by atoms with Crippen LogP contribution in [0.15, 0.2) is 54.6 Å². The molecule has 0 aliphatic carbocycles. The Morgan fingerprint density at radius 2 is 1.78 bits per heavy atom. The molecule has 0 saturated carbocycles. The van der Waals surface area contributed by atoms with Crippen LogP contribution in [0, 0.1) is 5.92 Å². The molecule has 0 aliphatic rings. The van der Waals surface area contributed by atoms with Gasteiger partial charge in [-0.15, -0.1) is 0 Å². The Morgan fingerprint density at radius 1 is 1.11 bits per heavy atom. The molecule has 0 heterocycles. The SMILES string of the molecule is O=CC(CC(=O)NNC(=S)Nc1ccccc1Cl)C(S)Nc1ccccc1. The number of thiocarbonyl (C=S) groups is 1. The van der Waals surface area contributed by atoms with Gasteiger partial charge in [0.25, 0.3) is 0 Å². The number of hydrogen-bond acceptors (Lipinski definition) is 5. The molecule has 2 aromatic rings. The molecule has 0 aromatic heterocycles. The van der Waals surface area contributed by atoms with Crippen molar-refractivity contribution in [3.05, 3.63) is 59.6 Å². The van der Waals surface area contributed by atoms with Crippen LogP contribution in [-0.2, 0) is 9.59 Å². The standard InChI is InChI=1S/C18H19ClN4O2S2/c19-14-8-4-5-9-15(14)21-18(27)23-22-16(25)10-12(11-24)17(26)20-13-6-2-1-3-7-13/h1-9,11-12,17,20,26H,10H2,(H,22,25)(H2,21,23,27). The fourth-order valence-corrected chi connectivity index (χ4v) is 2.82. The number of carbonyl (C=O) groups is 2. The number of hydrogen-bond donors (Lipinski definition) is 5.